The van der Waals surface area contributed by atoms with Gasteiger partial charge in [0.25, 0.3) is 0 Å². The highest BCUT2D eigenvalue weighted by Crippen LogP contribution is 2.19. The van der Waals surface area contributed by atoms with Crippen molar-refractivity contribution in [2.45, 2.75) is 44.9 Å². The topological polar surface area (TPSA) is 72.7 Å². The van der Waals surface area contributed by atoms with Crippen LogP contribution in [0.15, 0.2) is 46.9 Å². The van der Waals surface area contributed by atoms with Crippen LogP contribution in [0.1, 0.15) is 42.8 Å². The molecule has 2 aromatic heterocycles. The number of thiophene rings is 1. The zero-order chi connectivity index (χ0) is 19.9. The zero-order valence-corrected chi connectivity index (χ0v) is 18.0. The van der Waals surface area contributed by atoms with Crippen molar-refractivity contribution in [2.24, 2.45) is 5.92 Å². The van der Waals surface area contributed by atoms with Crippen molar-refractivity contribution in [3.05, 3.63) is 57.8 Å². The molecule has 2 heterocycles. The normalized spacial score (nSPS) is 12.3. The molecule has 1 atom stereocenters. The number of benzene rings is 1. The Morgan fingerprint density at radius 3 is 2.68 bits per heavy atom. The third-order valence-electron chi connectivity index (χ3n) is 4.22. The van der Waals surface area contributed by atoms with Gasteiger partial charge in [0.05, 0.1) is 18.3 Å². The number of aromatic nitrogens is 4. The minimum absolute atomic E-state index is 0.0329. The van der Waals surface area contributed by atoms with E-state index < -0.39 is 0 Å². The number of rotatable bonds is 9. The molecule has 3 aromatic rings. The molecule has 1 unspecified atom stereocenters. The summed E-state index contributed by atoms with van der Waals surface area (Å²) in [6.07, 6.45) is 1.07. The molecule has 0 radical (unpaired) electrons. The van der Waals surface area contributed by atoms with E-state index in [0.29, 0.717) is 17.6 Å². The van der Waals surface area contributed by atoms with Gasteiger partial charge in [-0.3, -0.25) is 4.79 Å². The molecule has 0 saturated carbocycles. The summed E-state index contributed by atoms with van der Waals surface area (Å²) in [5.74, 6) is 0.881. The summed E-state index contributed by atoms with van der Waals surface area (Å²) in [5, 5.41) is 17.5. The summed E-state index contributed by atoms with van der Waals surface area (Å²) in [4.78, 5) is 13.5. The molecule has 148 valence electrons. The van der Waals surface area contributed by atoms with Crippen molar-refractivity contribution in [3.8, 4) is 0 Å². The number of tetrazole rings is 1. The van der Waals surface area contributed by atoms with Crippen molar-refractivity contribution in [1.82, 2.24) is 25.5 Å². The summed E-state index contributed by atoms with van der Waals surface area (Å²) in [7, 11) is 0. The van der Waals surface area contributed by atoms with E-state index in [1.807, 2.05) is 24.4 Å². The number of thioether (sulfide) groups is 1. The number of nitrogens with zero attached hydrogens (tertiary/aromatic N) is 4. The number of hydrogen-bond donors (Lipinski definition) is 1. The van der Waals surface area contributed by atoms with Gasteiger partial charge in [-0.05, 0) is 52.3 Å². The second-order valence-electron chi connectivity index (χ2n) is 7.12. The van der Waals surface area contributed by atoms with Crippen LogP contribution in [0.4, 0.5) is 0 Å². The van der Waals surface area contributed by atoms with Crippen LogP contribution in [0, 0.1) is 5.92 Å². The molecule has 0 saturated heterocycles. The molecular weight excluding hydrogens is 390 g/mol. The largest absolute Gasteiger partial charge is 0.349 e. The summed E-state index contributed by atoms with van der Waals surface area (Å²) in [5.41, 5.74) is 2.43. The predicted octanol–water partition coefficient (Wildman–Crippen LogP) is 3.95. The van der Waals surface area contributed by atoms with Crippen molar-refractivity contribution in [1.29, 1.82) is 0 Å². The van der Waals surface area contributed by atoms with E-state index in [1.54, 1.807) is 16.0 Å². The molecule has 1 amide bonds. The van der Waals surface area contributed by atoms with Crippen LogP contribution in [-0.4, -0.2) is 31.9 Å². The van der Waals surface area contributed by atoms with Gasteiger partial charge in [0.15, 0.2) is 0 Å². The molecule has 1 aromatic carbocycles. The molecule has 1 N–H and O–H groups in total. The third kappa shape index (κ3) is 5.90. The second-order valence-corrected chi connectivity index (χ2v) is 9.09. The molecule has 6 nitrogen and oxygen atoms in total. The average molecular weight is 416 g/mol. The van der Waals surface area contributed by atoms with Crippen molar-refractivity contribution in [2.75, 3.05) is 5.75 Å². The Morgan fingerprint density at radius 1 is 1.21 bits per heavy atom. The van der Waals surface area contributed by atoms with Crippen molar-refractivity contribution >= 4 is 29.0 Å². The minimum atomic E-state index is -0.0386. The maximum atomic E-state index is 12.4. The fraction of sp³-hybridized carbons (Fsp3) is 0.400. The van der Waals surface area contributed by atoms with Gasteiger partial charge in [-0.25, -0.2) is 4.68 Å². The number of carbonyl (C=O) groups excluding carboxylic acids is 1. The lowest BCUT2D eigenvalue weighted by molar-refractivity contribution is -0.119. The third-order valence-corrected chi connectivity index (χ3v) is 6.04. The van der Waals surface area contributed by atoms with Gasteiger partial charge in [-0.15, -0.1) is 16.4 Å². The number of amides is 1. The number of nitrogens with one attached hydrogen (secondary N) is 1. The molecule has 3 rings (SSSR count). The fourth-order valence-corrected chi connectivity index (χ4v) is 4.23. The SMILES string of the molecule is CC(C)Cc1ccc(C(C)NC(=O)CSc2nnnn2Cc2cccs2)cc1. The smallest absolute Gasteiger partial charge is 0.230 e. The summed E-state index contributed by atoms with van der Waals surface area (Å²) in [6, 6.07) is 12.5. The lowest BCUT2D eigenvalue weighted by Gasteiger charge is -2.15. The Balaban J connectivity index is 1.50. The minimum Gasteiger partial charge on any atom is -0.349 e. The Labute approximate surface area is 173 Å². The summed E-state index contributed by atoms with van der Waals surface area (Å²) < 4.78 is 1.72. The van der Waals surface area contributed by atoms with Crippen molar-refractivity contribution in [3.63, 3.8) is 0 Å². The number of hydrogen-bond acceptors (Lipinski definition) is 6. The second kappa shape index (κ2) is 9.84. The monoisotopic (exact) mass is 415 g/mol. The first-order chi connectivity index (χ1) is 13.5. The molecule has 0 spiro atoms. The highest BCUT2D eigenvalue weighted by molar-refractivity contribution is 7.99. The van der Waals surface area contributed by atoms with E-state index in [2.05, 4.69) is 59.0 Å². The van der Waals surface area contributed by atoms with E-state index in [-0.39, 0.29) is 17.7 Å². The van der Waals surface area contributed by atoms with Gasteiger partial charge in [0, 0.05) is 4.88 Å². The van der Waals surface area contributed by atoms with Crippen molar-refractivity contribution < 1.29 is 4.79 Å². The predicted molar refractivity (Wildman–Crippen MR) is 114 cm³/mol. The molecule has 0 aliphatic heterocycles. The highest BCUT2D eigenvalue weighted by atomic mass is 32.2. The van der Waals surface area contributed by atoms with Crippen LogP contribution in [0.3, 0.4) is 0 Å². The van der Waals surface area contributed by atoms with Crippen LogP contribution in [-0.2, 0) is 17.8 Å². The van der Waals surface area contributed by atoms with Crippen LogP contribution in [0.2, 0.25) is 0 Å². The van der Waals surface area contributed by atoms with E-state index in [4.69, 9.17) is 0 Å². The molecule has 28 heavy (non-hydrogen) atoms. The fourth-order valence-electron chi connectivity index (χ4n) is 2.86. The Hall–Kier alpha value is -2.19. The molecule has 8 heteroatoms. The summed E-state index contributed by atoms with van der Waals surface area (Å²) in [6.45, 7) is 7.05. The molecular formula is C20H25N5OS2. The first-order valence-electron chi connectivity index (χ1n) is 9.31. The van der Waals surface area contributed by atoms with Gasteiger partial charge in [0.2, 0.25) is 11.1 Å². The first kappa shape index (κ1) is 20.5. The van der Waals surface area contributed by atoms with Gasteiger partial charge >= 0.3 is 0 Å². The lowest BCUT2D eigenvalue weighted by Crippen LogP contribution is -2.28. The van der Waals surface area contributed by atoms with Gasteiger partial charge in [-0.2, -0.15) is 0 Å². The summed E-state index contributed by atoms with van der Waals surface area (Å²) >= 11 is 3.01. The van der Waals surface area contributed by atoms with Gasteiger partial charge < -0.3 is 5.32 Å². The maximum Gasteiger partial charge on any atom is 0.230 e. The molecule has 0 fully saturated rings. The lowest BCUT2D eigenvalue weighted by atomic mass is 10.00. The zero-order valence-electron chi connectivity index (χ0n) is 16.3. The standard InChI is InChI=1S/C20H25N5OS2/c1-14(2)11-16-6-8-17(9-7-16)15(3)21-19(26)13-28-20-22-23-24-25(20)12-18-5-4-10-27-18/h4-10,14-15H,11-13H2,1-3H3,(H,21,26). The molecule has 0 bridgehead atoms. The van der Waals surface area contributed by atoms with Gasteiger partial charge in [0.1, 0.15) is 0 Å². The van der Waals surface area contributed by atoms with Crippen LogP contribution in [0.5, 0.6) is 0 Å². The van der Waals surface area contributed by atoms with E-state index in [0.717, 1.165) is 12.0 Å². The Morgan fingerprint density at radius 2 is 2.00 bits per heavy atom. The number of carbonyl (C=O) groups is 1. The van der Waals surface area contributed by atoms with Crippen LogP contribution >= 0.6 is 23.1 Å². The van der Waals surface area contributed by atoms with E-state index in [1.165, 1.54) is 22.2 Å². The van der Waals surface area contributed by atoms with Crippen LogP contribution in [0.25, 0.3) is 0 Å². The van der Waals surface area contributed by atoms with Gasteiger partial charge in [-0.1, -0.05) is 55.9 Å². The van der Waals surface area contributed by atoms with E-state index >= 15 is 0 Å². The van der Waals surface area contributed by atoms with E-state index in [9.17, 15) is 4.79 Å². The molecule has 0 aliphatic carbocycles. The molecule has 0 aliphatic rings. The Kier molecular flexibility index (Phi) is 7.22. The quantitative estimate of drug-likeness (QED) is 0.536. The maximum absolute atomic E-state index is 12.4. The Bertz CT molecular complexity index is 874. The van der Waals surface area contributed by atoms with Crippen LogP contribution < -0.4 is 5.32 Å². The first-order valence-corrected chi connectivity index (χ1v) is 11.2. The average Bonchev–Trinajstić information content (AvgIpc) is 3.32. The highest BCUT2D eigenvalue weighted by Gasteiger charge is 2.13.